The maximum absolute atomic E-state index is 12.3. The third kappa shape index (κ3) is 2.70. The normalized spacial score (nSPS) is 12.1. The summed E-state index contributed by atoms with van der Waals surface area (Å²) < 4.78 is 33.4. The van der Waals surface area contributed by atoms with E-state index in [0.717, 1.165) is 5.69 Å². The van der Waals surface area contributed by atoms with E-state index < -0.39 is 15.8 Å². The van der Waals surface area contributed by atoms with Gasteiger partial charge in [-0.1, -0.05) is 0 Å². The highest BCUT2D eigenvalue weighted by atomic mass is 32.2. The van der Waals surface area contributed by atoms with E-state index >= 15 is 0 Å². The van der Waals surface area contributed by atoms with Crippen LogP contribution in [0.2, 0.25) is 0 Å². The first-order valence-corrected chi connectivity index (χ1v) is 8.73. The van der Waals surface area contributed by atoms with Crippen LogP contribution in [0, 0.1) is 6.92 Å². The number of aryl methyl sites for hydroxylation is 2. The maximum atomic E-state index is 12.3. The minimum Gasteiger partial charge on any atom is -0.408 e. The predicted octanol–water partition coefficient (Wildman–Crippen LogP) is 1.37. The number of rotatable bonds is 4. The lowest BCUT2D eigenvalue weighted by atomic mass is 10.3. The molecule has 9 heteroatoms. The lowest BCUT2D eigenvalue weighted by Gasteiger charge is -2.05. The van der Waals surface area contributed by atoms with E-state index in [1.165, 1.54) is 41.2 Å². The van der Waals surface area contributed by atoms with Gasteiger partial charge in [-0.25, -0.2) is 22.9 Å². The molecular formula is C13H13N3O4S2. The van der Waals surface area contributed by atoms with E-state index in [9.17, 15) is 13.2 Å². The Labute approximate surface area is 130 Å². The number of sulfonamides is 1. The molecule has 3 rings (SSSR count). The fraction of sp³-hybridized carbons (Fsp3) is 0.231. The van der Waals surface area contributed by atoms with Crippen LogP contribution in [-0.4, -0.2) is 18.0 Å². The molecule has 7 nitrogen and oxygen atoms in total. The third-order valence-corrected chi connectivity index (χ3v) is 5.52. The van der Waals surface area contributed by atoms with Crippen molar-refractivity contribution in [1.82, 2.24) is 14.3 Å². The van der Waals surface area contributed by atoms with Gasteiger partial charge in [-0.2, -0.15) is 0 Å². The Bertz CT molecular complexity index is 998. The second kappa shape index (κ2) is 5.34. The SMILES string of the molecule is Cc1csc(CNS(=O)(=O)c2ccc3oc(=O)n(C)c3c2)n1. The standard InChI is InChI=1S/C13H13N3O4S2/c1-8-7-21-12(15-8)6-14-22(18,19)9-3-4-11-10(5-9)16(2)13(17)20-11/h3-5,7,14H,6H2,1-2H3. The van der Waals surface area contributed by atoms with E-state index in [1.807, 2.05) is 12.3 Å². The Balaban J connectivity index is 1.91. The van der Waals surface area contributed by atoms with Gasteiger partial charge in [-0.15, -0.1) is 11.3 Å². The van der Waals surface area contributed by atoms with Gasteiger partial charge in [-0.3, -0.25) is 4.57 Å². The molecule has 0 saturated carbocycles. The van der Waals surface area contributed by atoms with E-state index in [0.29, 0.717) is 16.1 Å². The van der Waals surface area contributed by atoms with Crippen molar-refractivity contribution in [2.24, 2.45) is 7.05 Å². The number of nitrogens with zero attached hydrogens (tertiary/aromatic N) is 2. The fourth-order valence-electron chi connectivity index (χ4n) is 2.00. The molecule has 0 amide bonds. The van der Waals surface area contributed by atoms with Crippen molar-refractivity contribution in [3.8, 4) is 0 Å². The van der Waals surface area contributed by atoms with Crippen LogP contribution in [0.1, 0.15) is 10.7 Å². The number of hydrogen-bond acceptors (Lipinski definition) is 6. The van der Waals surface area contributed by atoms with Crippen molar-refractivity contribution in [2.75, 3.05) is 0 Å². The van der Waals surface area contributed by atoms with Gasteiger partial charge in [0.2, 0.25) is 10.0 Å². The summed E-state index contributed by atoms with van der Waals surface area (Å²) in [5.74, 6) is -0.532. The Hall–Kier alpha value is -1.97. The molecule has 0 saturated heterocycles. The summed E-state index contributed by atoms with van der Waals surface area (Å²) in [7, 11) is -2.16. The van der Waals surface area contributed by atoms with E-state index in [4.69, 9.17) is 4.42 Å². The van der Waals surface area contributed by atoms with Gasteiger partial charge in [0.15, 0.2) is 5.58 Å². The molecule has 1 N–H and O–H groups in total. The Morgan fingerprint density at radius 2 is 2.18 bits per heavy atom. The molecule has 0 bridgehead atoms. The number of nitrogens with one attached hydrogen (secondary N) is 1. The lowest BCUT2D eigenvalue weighted by Crippen LogP contribution is -2.23. The monoisotopic (exact) mass is 339 g/mol. The molecule has 116 valence electrons. The molecule has 22 heavy (non-hydrogen) atoms. The van der Waals surface area contributed by atoms with Crippen molar-refractivity contribution in [3.05, 3.63) is 44.8 Å². The van der Waals surface area contributed by atoms with Crippen LogP contribution in [0.5, 0.6) is 0 Å². The molecule has 0 radical (unpaired) electrons. The number of fused-ring (bicyclic) bond motifs is 1. The number of benzene rings is 1. The van der Waals surface area contributed by atoms with Gasteiger partial charge < -0.3 is 4.42 Å². The van der Waals surface area contributed by atoms with Crippen LogP contribution < -0.4 is 10.5 Å². The molecule has 2 aromatic heterocycles. The van der Waals surface area contributed by atoms with Crippen molar-refractivity contribution in [3.63, 3.8) is 0 Å². The smallest absolute Gasteiger partial charge is 0.408 e. The zero-order chi connectivity index (χ0) is 15.9. The second-order valence-electron chi connectivity index (χ2n) is 4.76. The first-order valence-electron chi connectivity index (χ1n) is 6.37. The highest BCUT2D eigenvalue weighted by Crippen LogP contribution is 2.18. The third-order valence-electron chi connectivity index (χ3n) is 3.15. The Morgan fingerprint density at radius 3 is 2.86 bits per heavy atom. The summed E-state index contributed by atoms with van der Waals surface area (Å²) in [6, 6.07) is 4.29. The largest absolute Gasteiger partial charge is 0.419 e. The number of aromatic nitrogens is 2. The average Bonchev–Trinajstić information content (AvgIpc) is 3.01. The van der Waals surface area contributed by atoms with Crippen molar-refractivity contribution in [2.45, 2.75) is 18.4 Å². The number of oxazole rings is 1. The van der Waals surface area contributed by atoms with Crippen LogP contribution in [0.25, 0.3) is 11.1 Å². The van der Waals surface area contributed by atoms with Crippen molar-refractivity contribution >= 4 is 32.5 Å². The molecule has 0 aliphatic carbocycles. The molecule has 0 spiro atoms. The second-order valence-corrected chi connectivity index (χ2v) is 7.47. The van der Waals surface area contributed by atoms with Crippen LogP contribution in [0.4, 0.5) is 0 Å². The molecule has 3 aromatic rings. The molecule has 0 atom stereocenters. The van der Waals surface area contributed by atoms with Gasteiger partial charge in [-0.05, 0) is 25.1 Å². The molecule has 1 aromatic carbocycles. The minimum absolute atomic E-state index is 0.0738. The highest BCUT2D eigenvalue weighted by Gasteiger charge is 2.17. The fourth-order valence-corrected chi connectivity index (χ4v) is 3.81. The van der Waals surface area contributed by atoms with Crippen LogP contribution in [0.3, 0.4) is 0 Å². The van der Waals surface area contributed by atoms with Gasteiger partial charge in [0.25, 0.3) is 0 Å². The summed E-state index contributed by atoms with van der Waals surface area (Å²) in [6.45, 7) is 1.98. The summed E-state index contributed by atoms with van der Waals surface area (Å²) in [6.07, 6.45) is 0. The Morgan fingerprint density at radius 1 is 1.41 bits per heavy atom. The molecule has 0 unspecified atom stereocenters. The summed E-state index contributed by atoms with van der Waals surface area (Å²) in [4.78, 5) is 15.7. The predicted molar refractivity (Wildman–Crippen MR) is 82.3 cm³/mol. The summed E-state index contributed by atoms with van der Waals surface area (Å²) in [5, 5.41) is 2.55. The molecule has 0 aliphatic rings. The van der Waals surface area contributed by atoms with Gasteiger partial charge in [0, 0.05) is 18.1 Å². The average molecular weight is 339 g/mol. The van der Waals surface area contributed by atoms with Crippen LogP contribution in [-0.2, 0) is 23.6 Å². The highest BCUT2D eigenvalue weighted by molar-refractivity contribution is 7.89. The van der Waals surface area contributed by atoms with Crippen molar-refractivity contribution < 1.29 is 12.8 Å². The van der Waals surface area contributed by atoms with Crippen LogP contribution in [0.15, 0.2) is 37.7 Å². The number of thiazole rings is 1. The molecule has 0 fully saturated rings. The van der Waals surface area contributed by atoms with Gasteiger partial charge in [0.05, 0.1) is 17.0 Å². The zero-order valence-corrected chi connectivity index (χ0v) is 13.5. The van der Waals surface area contributed by atoms with Crippen molar-refractivity contribution in [1.29, 1.82) is 0 Å². The van der Waals surface area contributed by atoms with Gasteiger partial charge in [0.1, 0.15) is 5.01 Å². The quantitative estimate of drug-likeness (QED) is 0.775. The molecular weight excluding hydrogens is 326 g/mol. The number of hydrogen-bond donors (Lipinski definition) is 1. The van der Waals surface area contributed by atoms with E-state index in [1.54, 1.807) is 0 Å². The van der Waals surface area contributed by atoms with Gasteiger partial charge >= 0.3 is 5.76 Å². The summed E-state index contributed by atoms with van der Waals surface area (Å²) >= 11 is 1.40. The summed E-state index contributed by atoms with van der Waals surface area (Å²) in [5.41, 5.74) is 1.63. The minimum atomic E-state index is -3.69. The van der Waals surface area contributed by atoms with E-state index in [-0.39, 0.29) is 11.4 Å². The topological polar surface area (TPSA) is 94.2 Å². The molecule has 0 aliphatic heterocycles. The first kappa shape index (κ1) is 14.9. The maximum Gasteiger partial charge on any atom is 0.419 e. The van der Waals surface area contributed by atoms with E-state index in [2.05, 4.69) is 9.71 Å². The Kier molecular flexibility index (Phi) is 3.63. The molecule has 2 heterocycles. The first-order chi connectivity index (χ1) is 10.4. The zero-order valence-electron chi connectivity index (χ0n) is 11.9. The van der Waals surface area contributed by atoms with Crippen LogP contribution >= 0.6 is 11.3 Å². The lowest BCUT2D eigenvalue weighted by molar-refractivity contribution is 0.528.